The smallest absolute Gasteiger partial charge is 0.246 e. The van der Waals surface area contributed by atoms with Crippen LogP contribution in [-0.4, -0.2) is 23.9 Å². The minimum Gasteiger partial charge on any atom is -0.339 e. The zero-order valence-electron chi connectivity index (χ0n) is 11.6. The Hall–Kier alpha value is -2.09. The van der Waals surface area contributed by atoms with Crippen molar-refractivity contribution in [1.29, 1.82) is 0 Å². The van der Waals surface area contributed by atoms with E-state index >= 15 is 0 Å². The van der Waals surface area contributed by atoms with Crippen LogP contribution in [0.15, 0.2) is 48.5 Å². The van der Waals surface area contributed by atoms with Crippen LogP contribution in [0.25, 0.3) is 16.8 Å². The normalized spacial score (nSPS) is 15.9. The lowest BCUT2D eigenvalue weighted by Crippen LogP contribution is -2.34. The predicted molar refractivity (Wildman–Crippen MR) is 83.4 cm³/mol. The Balaban J connectivity index is 1.81. The molecular formula is C18H19NO. The molecule has 0 aromatic heterocycles. The molecule has 0 unspecified atom stereocenters. The lowest BCUT2D eigenvalue weighted by molar-refractivity contribution is -0.126. The Kier molecular flexibility index (Phi) is 3.82. The van der Waals surface area contributed by atoms with Crippen molar-refractivity contribution < 1.29 is 4.79 Å². The largest absolute Gasteiger partial charge is 0.339 e. The van der Waals surface area contributed by atoms with Crippen LogP contribution in [0.1, 0.15) is 24.8 Å². The molecule has 1 amide bonds. The molecule has 1 aliphatic heterocycles. The maximum absolute atomic E-state index is 12.1. The summed E-state index contributed by atoms with van der Waals surface area (Å²) in [6.07, 6.45) is 7.17. The molecule has 0 spiro atoms. The zero-order chi connectivity index (χ0) is 13.8. The van der Waals surface area contributed by atoms with Crippen molar-refractivity contribution in [2.24, 2.45) is 0 Å². The van der Waals surface area contributed by atoms with Crippen LogP contribution in [0.5, 0.6) is 0 Å². The Bertz CT molecular complexity index is 633. The predicted octanol–water partition coefficient (Wildman–Crippen LogP) is 3.87. The third-order valence-corrected chi connectivity index (χ3v) is 3.90. The van der Waals surface area contributed by atoms with Crippen LogP contribution >= 0.6 is 0 Å². The van der Waals surface area contributed by atoms with E-state index in [0.717, 1.165) is 31.5 Å². The van der Waals surface area contributed by atoms with Crippen LogP contribution in [0.3, 0.4) is 0 Å². The Morgan fingerprint density at radius 3 is 2.55 bits per heavy atom. The molecule has 2 aromatic carbocycles. The monoisotopic (exact) mass is 265 g/mol. The van der Waals surface area contributed by atoms with Crippen LogP contribution in [0.2, 0.25) is 0 Å². The molecule has 1 saturated heterocycles. The number of fused-ring (bicyclic) bond motifs is 1. The van der Waals surface area contributed by atoms with E-state index < -0.39 is 0 Å². The van der Waals surface area contributed by atoms with Crippen LogP contribution in [0.4, 0.5) is 0 Å². The van der Waals surface area contributed by atoms with Crippen molar-refractivity contribution in [3.63, 3.8) is 0 Å². The molecule has 0 aliphatic carbocycles. The molecule has 0 atom stereocenters. The van der Waals surface area contributed by atoms with E-state index in [1.807, 2.05) is 29.2 Å². The molecule has 1 heterocycles. The highest BCUT2D eigenvalue weighted by Crippen LogP contribution is 2.19. The fourth-order valence-electron chi connectivity index (χ4n) is 2.78. The molecule has 1 fully saturated rings. The molecule has 2 heteroatoms. The molecule has 0 radical (unpaired) electrons. The topological polar surface area (TPSA) is 20.3 Å². The second kappa shape index (κ2) is 5.91. The van der Waals surface area contributed by atoms with Crippen molar-refractivity contribution in [3.05, 3.63) is 54.1 Å². The van der Waals surface area contributed by atoms with Gasteiger partial charge in [0.25, 0.3) is 0 Å². The Morgan fingerprint density at radius 2 is 1.70 bits per heavy atom. The maximum Gasteiger partial charge on any atom is 0.246 e. The van der Waals surface area contributed by atoms with Crippen LogP contribution in [0, 0.1) is 0 Å². The van der Waals surface area contributed by atoms with E-state index in [9.17, 15) is 4.79 Å². The lowest BCUT2D eigenvalue weighted by atomic mass is 10.0. The van der Waals surface area contributed by atoms with Gasteiger partial charge in [-0.2, -0.15) is 0 Å². The fraction of sp³-hybridized carbons (Fsp3) is 0.278. The number of carbonyl (C=O) groups is 1. The van der Waals surface area contributed by atoms with E-state index in [4.69, 9.17) is 0 Å². The highest BCUT2D eigenvalue weighted by Gasteiger charge is 2.13. The Labute approximate surface area is 119 Å². The highest BCUT2D eigenvalue weighted by atomic mass is 16.2. The van der Waals surface area contributed by atoms with Gasteiger partial charge in [0.2, 0.25) is 5.91 Å². The molecule has 20 heavy (non-hydrogen) atoms. The van der Waals surface area contributed by atoms with Gasteiger partial charge in [0, 0.05) is 19.2 Å². The van der Waals surface area contributed by atoms with E-state index in [0.29, 0.717) is 0 Å². The number of amides is 1. The first-order valence-electron chi connectivity index (χ1n) is 7.29. The molecule has 0 bridgehead atoms. The summed E-state index contributed by atoms with van der Waals surface area (Å²) in [6.45, 7) is 1.80. The van der Waals surface area contributed by atoms with Gasteiger partial charge in [-0.3, -0.25) is 4.79 Å². The van der Waals surface area contributed by atoms with Gasteiger partial charge in [0.05, 0.1) is 0 Å². The minimum atomic E-state index is 0.137. The van der Waals surface area contributed by atoms with Gasteiger partial charge in [-0.05, 0) is 41.7 Å². The molecule has 1 aliphatic rings. The Morgan fingerprint density at radius 1 is 0.950 bits per heavy atom. The SMILES string of the molecule is O=C(C=Cc1cccc2ccccc12)N1CCCCC1. The van der Waals surface area contributed by atoms with Gasteiger partial charge in [0.1, 0.15) is 0 Å². The number of nitrogens with zero attached hydrogens (tertiary/aromatic N) is 1. The summed E-state index contributed by atoms with van der Waals surface area (Å²) in [5.74, 6) is 0.137. The standard InChI is InChI=1S/C18H19NO/c20-18(19-13-4-1-5-14-19)12-11-16-9-6-8-15-7-2-3-10-17(15)16/h2-3,6-12H,1,4-5,13-14H2. The minimum absolute atomic E-state index is 0.137. The summed E-state index contributed by atoms with van der Waals surface area (Å²) < 4.78 is 0. The summed E-state index contributed by atoms with van der Waals surface area (Å²) in [4.78, 5) is 14.1. The fourth-order valence-corrected chi connectivity index (χ4v) is 2.78. The van der Waals surface area contributed by atoms with Crippen LogP contribution < -0.4 is 0 Å². The number of rotatable bonds is 2. The highest BCUT2D eigenvalue weighted by molar-refractivity contribution is 5.96. The van der Waals surface area contributed by atoms with Gasteiger partial charge < -0.3 is 4.90 Å². The van der Waals surface area contributed by atoms with E-state index in [1.54, 1.807) is 6.08 Å². The summed E-state index contributed by atoms with van der Waals surface area (Å²) in [5.41, 5.74) is 1.11. The van der Waals surface area contributed by atoms with E-state index in [-0.39, 0.29) is 5.91 Å². The molecular weight excluding hydrogens is 246 g/mol. The zero-order valence-corrected chi connectivity index (χ0v) is 11.6. The van der Waals surface area contributed by atoms with Gasteiger partial charge in [-0.15, -0.1) is 0 Å². The molecule has 2 nitrogen and oxygen atoms in total. The third-order valence-electron chi connectivity index (χ3n) is 3.90. The number of piperidine rings is 1. The van der Waals surface area contributed by atoms with Crippen LogP contribution in [-0.2, 0) is 4.79 Å². The van der Waals surface area contributed by atoms with Crippen molar-refractivity contribution in [3.8, 4) is 0 Å². The maximum atomic E-state index is 12.1. The second-order valence-electron chi connectivity index (χ2n) is 5.29. The van der Waals surface area contributed by atoms with Gasteiger partial charge in [0.15, 0.2) is 0 Å². The molecule has 102 valence electrons. The number of likely N-dealkylation sites (tertiary alicyclic amines) is 1. The number of benzene rings is 2. The lowest BCUT2D eigenvalue weighted by Gasteiger charge is -2.25. The summed E-state index contributed by atoms with van der Waals surface area (Å²) >= 11 is 0. The summed E-state index contributed by atoms with van der Waals surface area (Å²) in [7, 11) is 0. The average molecular weight is 265 g/mol. The van der Waals surface area contributed by atoms with Crippen molar-refractivity contribution >= 4 is 22.8 Å². The van der Waals surface area contributed by atoms with E-state index in [2.05, 4.69) is 24.3 Å². The summed E-state index contributed by atoms with van der Waals surface area (Å²) in [6, 6.07) is 14.5. The molecule has 0 N–H and O–H groups in total. The van der Waals surface area contributed by atoms with Gasteiger partial charge in [-0.1, -0.05) is 42.5 Å². The van der Waals surface area contributed by atoms with E-state index in [1.165, 1.54) is 17.2 Å². The molecule has 0 saturated carbocycles. The van der Waals surface area contributed by atoms with Gasteiger partial charge >= 0.3 is 0 Å². The summed E-state index contributed by atoms with van der Waals surface area (Å²) in [5, 5.41) is 2.40. The molecule has 2 aromatic rings. The second-order valence-corrected chi connectivity index (χ2v) is 5.29. The first kappa shape index (κ1) is 12.9. The van der Waals surface area contributed by atoms with Crippen molar-refractivity contribution in [2.45, 2.75) is 19.3 Å². The third kappa shape index (κ3) is 2.74. The van der Waals surface area contributed by atoms with Gasteiger partial charge in [-0.25, -0.2) is 0 Å². The first-order chi connectivity index (χ1) is 9.84. The van der Waals surface area contributed by atoms with Crippen molar-refractivity contribution in [2.75, 3.05) is 13.1 Å². The number of hydrogen-bond acceptors (Lipinski definition) is 1. The quantitative estimate of drug-likeness (QED) is 0.755. The number of hydrogen-bond donors (Lipinski definition) is 0. The number of carbonyl (C=O) groups excluding carboxylic acids is 1. The molecule has 3 rings (SSSR count). The first-order valence-corrected chi connectivity index (χ1v) is 7.29. The average Bonchev–Trinajstić information content (AvgIpc) is 2.53. The van der Waals surface area contributed by atoms with Crippen molar-refractivity contribution in [1.82, 2.24) is 4.90 Å².